The molecule has 0 fully saturated rings. The maximum absolute atomic E-state index is 13.6. The van der Waals surface area contributed by atoms with E-state index in [1.54, 1.807) is 55.6 Å². The molecule has 0 atom stereocenters. The van der Waals surface area contributed by atoms with Gasteiger partial charge in [-0.25, -0.2) is 4.90 Å². The van der Waals surface area contributed by atoms with Crippen molar-refractivity contribution in [1.29, 1.82) is 0 Å². The van der Waals surface area contributed by atoms with E-state index in [1.165, 1.54) is 7.11 Å². The number of nitrogens with one attached hydrogen (secondary N) is 1. The van der Waals surface area contributed by atoms with Gasteiger partial charge in [-0.1, -0.05) is 30.3 Å². The van der Waals surface area contributed by atoms with Crippen LogP contribution in [0.3, 0.4) is 0 Å². The van der Waals surface area contributed by atoms with Crippen LogP contribution in [-0.4, -0.2) is 26.0 Å². The third-order valence-electron chi connectivity index (χ3n) is 5.56. The van der Waals surface area contributed by atoms with Gasteiger partial charge in [0, 0.05) is 5.69 Å². The first-order valence-electron chi connectivity index (χ1n) is 10.2. The minimum Gasteiger partial charge on any atom is -0.497 e. The summed E-state index contributed by atoms with van der Waals surface area (Å²) in [6, 6.07) is 19.9. The van der Waals surface area contributed by atoms with Crippen molar-refractivity contribution in [1.82, 2.24) is 0 Å². The van der Waals surface area contributed by atoms with E-state index >= 15 is 0 Å². The van der Waals surface area contributed by atoms with Crippen LogP contribution in [0.1, 0.15) is 16.7 Å². The number of hydrogen-bond donors (Lipinski definition) is 1. The molecule has 32 heavy (non-hydrogen) atoms. The van der Waals surface area contributed by atoms with Crippen LogP contribution < -0.4 is 19.7 Å². The van der Waals surface area contributed by atoms with E-state index in [-0.39, 0.29) is 5.70 Å². The topological polar surface area (TPSA) is 67.9 Å². The summed E-state index contributed by atoms with van der Waals surface area (Å²) in [6.07, 6.45) is 0. The summed E-state index contributed by atoms with van der Waals surface area (Å²) in [5.41, 5.74) is 4.43. The van der Waals surface area contributed by atoms with Crippen molar-refractivity contribution in [3.63, 3.8) is 0 Å². The fourth-order valence-electron chi connectivity index (χ4n) is 3.66. The molecule has 1 heterocycles. The lowest BCUT2D eigenvalue weighted by Gasteiger charge is -2.18. The first kappa shape index (κ1) is 21.2. The van der Waals surface area contributed by atoms with E-state index < -0.39 is 11.8 Å². The molecule has 2 amide bonds. The predicted molar refractivity (Wildman–Crippen MR) is 125 cm³/mol. The van der Waals surface area contributed by atoms with Crippen LogP contribution >= 0.6 is 0 Å². The van der Waals surface area contributed by atoms with Crippen molar-refractivity contribution < 1.29 is 19.1 Å². The van der Waals surface area contributed by atoms with Gasteiger partial charge in [0.05, 0.1) is 25.5 Å². The van der Waals surface area contributed by atoms with Crippen molar-refractivity contribution in [2.75, 3.05) is 24.4 Å². The number of nitrogens with zero attached hydrogens (tertiary/aromatic N) is 1. The molecule has 1 aliphatic rings. The van der Waals surface area contributed by atoms with Crippen LogP contribution in [0, 0.1) is 13.8 Å². The maximum atomic E-state index is 13.6. The molecule has 162 valence electrons. The molecule has 1 N–H and O–H groups in total. The van der Waals surface area contributed by atoms with Gasteiger partial charge in [-0.2, -0.15) is 0 Å². The second-order valence-corrected chi connectivity index (χ2v) is 7.52. The minimum atomic E-state index is -0.441. The number of aryl methyl sites for hydroxylation is 2. The largest absolute Gasteiger partial charge is 0.497 e. The number of benzene rings is 3. The van der Waals surface area contributed by atoms with Gasteiger partial charge in [0.15, 0.2) is 0 Å². The van der Waals surface area contributed by atoms with E-state index in [0.717, 1.165) is 16.0 Å². The van der Waals surface area contributed by atoms with Crippen molar-refractivity contribution in [2.45, 2.75) is 13.8 Å². The number of imide groups is 1. The molecule has 0 unspecified atom stereocenters. The lowest BCUT2D eigenvalue weighted by atomic mass is 9.99. The number of carbonyl (C=O) groups is 2. The standard InChI is InChI=1S/C26H24N2O4/c1-16-9-10-18(15-17(16)2)23-24(27-19-11-13-20(31-3)14-12-19)26(30)28(25(23)29)21-7-5-6-8-22(21)32-4/h5-15,27H,1-4H3. The summed E-state index contributed by atoms with van der Waals surface area (Å²) in [6.45, 7) is 3.99. The lowest BCUT2D eigenvalue weighted by Crippen LogP contribution is -2.32. The molecule has 3 aromatic rings. The zero-order valence-corrected chi connectivity index (χ0v) is 18.4. The fourth-order valence-corrected chi connectivity index (χ4v) is 3.66. The highest BCUT2D eigenvalue weighted by molar-refractivity contribution is 6.46. The van der Waals surface area contributed by atoms with E-state index in [9.17, 15) is 9.59 Å². The Hall–Kier alpha value is -4.06. The van der Waals surface area contributed by atoms with Crippen LogP contribution in [-0.2, 0) is 9.59 Å². The third kappa shape index (κ3) is 3.71. The third-order valence-corrected chi connectivity index (χ3v) is 5.56. The number of ether oxygens (including phenoxy) is 2. The lowest BCUT2D eigenvalue weighted by molar-refractivity contribution is -0.120. The number of para-hydroxylation sites is 2. The molecule has 4 rings (SSSR count). The van der Waals surface area contributed by atoms with E-state index in [1.807, 2.05) is 32.0 Å². The van der Waals surface area contributed by atoms with Gasteiger partial charge in [0.2, 0.25) is 0 Å². The number of rotatable bonds is 6. The zero-order chi connectivity index (χ0) is 22.8. The molecule has 3 aromatic carbocycles. The molecule has 6 heteroatoms. The second-order valence-electron chi connectivity index (χ2n) is 7.52. The van der Waals surface area contributed by atoms with Gasteiger partial charge < -0.3 is 14.8 Å². The molecule has 0 bridgehead atoms. The molecule has 0 spiro atoms. The van der Waals surface area contributed by atoms with Gasteiger partial charge in [0.1, 0.15) is 17.2 Å². The Kier molecular flexibility index (Phi) is 5.69. The molecular formula is C26H24N2O4. The Morgan fingerprint density at radius 2 is 1.50 bits per heavy atom. The number of hydrogen-bond acceptors (Lipinski definition) is 5. The Bertz CT molecular complexity index is 1230. The smallest absolute Gasteiger partial charge is 0.282 e. The molecule has 0 saturated carbocycles. The minimum absolute atomic E-state index is 0.217. The van der Waals surface area contributed by atoms with Crippen molar-refractivity contribution >= 4 is 28.8 Å². The Balaban J connectivity index is 1.84. The summed E-state index contributed by atoms with van der Waals surface area (Å²) in [5.74, 6) is 0.296. The molecule has 0 saturated heterocycles. The molecule has 0 aliphatic carbocycles. The predicted octanol–water partition coefficient (Wildman–Crippen LogP) is 4.72. The van der Waals surface area contributed by atoms with Gasteiger partial charge in [-0.3, -0.25) is 9.59 Å². The number of anilines is 2. The normalized spacial score (nSPS) is 13.6. The zero-order valence-electron chi connectivity index (χ0n) is 18.4. The molecule has 0 aromatic heterocycles. The van der Waals surface area contributed by atoms with Crippen molar-refractivity contribution in [3.05, 3.63) is 89.1 Å². The van der Waals surface area contributed by atoms with Gasteiger partial charge in [-0.05, 0) is 66.9 Å². The van der Waals surface area contributed by atoms with Crippen LogP contribution in [0.5, 0.6) is 11.5 Å². The second kappa shape index (κ2) is 8.59. The molecular weight excluding hydrogens is 404 g/mol. The average molecular weight is 428 g/mol. The number of methoxy groups -OCH3 is 2. The quantitative estimate of drug-likeness (QED) is 0.576. The highest BCUT2D eigenvalue weighted by Crippen LogP contribution is 2.38. The number of carbonyl (C=O) groups excluding carboxylic acids is 2. The summed E-state index contributed by atoms with van der Waals surface area (Å²) in [4.78, 5) is 28.3. The summed E-state index contributed by atoms with van der Waals surface area (Å²) < 4.78 is 10.6. The fraction of sp³-hybridized carbons (Fsp3) is 0.154. The van der Waals surface area contributed by atoms with Gasteiger partial charge >= 0.3 is 0 Å². The van der Waals surface area contributed by atoms with E-state index in [2.05, 4.69) is 5.32 Å². The van der Waals surface area contributed by atoms with E-state index in [4.69, 9.17) is 9.47 Å². The highest BCUT2D eigenvalue weighted by Gasteiger charge is 2.41. The Morgan fingerprint density at radius 3 is 2.16 bits per heavy atom. The maximum Gasteiger partial charge on any atom is 0.282 e. The van der Waals surface area contributed by atoms with Crippen LogP contribution in [0.2, 0.25) is 0 Å². The van der Waals surface area contributed by atoms with Gasteiger partial charge in [-0.15, -0.1) is 0 Å². The summed E-state index contributed by atoms with van der Waals surface area (Å²) in [5, 5.41) is 3.16. The number of amides is 2. The van der Waals surface area contributed by atoms with Crippen LogP contribution in [0.15, 0.2) is 72.4 Å². The summed E-state index contributed by atoms with van der Waals surface area (Å²) in [7, 11) is 3.10. The van der Waals surface area contributed by atoms with Crippen molar-refractivity contribution in [3.8, 4) is 11.5 Å². The monoisotopic (exact) mass is 428 g/mol. The SMILES string of the molecule is COc1ccc(NC2=C(c3ccc(C)c(C)c3)C(=O)N(c3ccccc3OC)C2=O)cc1. The molecule has 0 radical (unpaired) electrons. The summed E-state index contributed by atoms with van der Waals surface area (Å²) >= 11 is 0. The van der Waals surface area contributed by atoms with E-state index in [0.29, 0.717) is 34.0 Å². The Morgan fingerprint density at radius 1 is 0.781 bits per heavy atom. The highest BCUT2D eigenvalue weighted by atomic mass is 16.5. The van der Waals surface area contributed by atoms with Crippen LogP contribution in [0.25, 0.3) is 5.57 Å². The van der Waals surface area contributed by atoms with Gasteiger partial charge in [0.25, 0.3) is 11.8 Å². The molecule has 6 nitrogen and oxygen atoms in total. The first-order chi connectivity index (χ1) is 15.4. The average Bonchev–Trinajstić information content (AvgIpc) is 3.05. The molecule has 1 aliphatic heterocycles. The van der Waals surface area contributed by atoms with Crippen molar-refractivity contribution in [2.24, 2.45) is 0 Å². The first-order valence-corrected chi connectivity index (χ1v) is 10.2. The Labute approximate surface area is 187 Å². The van der Waals surface area contributed by atoms with Crippen LogP contribution in [0.4, 0.5) is 11.4 Å².